The fourth-order valence-corrected chi connectivity index (χ4v) is 4.44. The lowest BCUT2D eigenvalue weighted by Gasteiger charge is -2.55. The van der Waals surface area contributed by atoms with E-state index < -0.39 is 0 Å². The summed E-state index contributed by atoms with van der Waals surface area (Å²) >= 11 is 1.69. The van der Waals surface area contributed by atoms with Crippen molar-refractivity contribution in [3.63, 3.8) is 0 Å². The molecule has 0 aromatic carbocycles. The quantitative estimate of drug-likeness (QED) is 0.793. The molecule has 0 saturated carbocycles. The van der Waals surface area contributed by atoms with Crippen molar-refractivity contribution in [1.29, 1.82) is 0 Å². The number of hydrogen-bond donors (Lipinski definition) is 0. The zero-order chi connectivity index (χ0) is 16.6. The third kappa shape index (κ3) is 3.21. The Labute approximate surface area is 146 Å². The van der Waals surface area contributed by atoms with Gasteiger partial charge in [0, 0.05) is 37.8 Å². The molecule has 4 rings (SSSR count). The standard InChI is InChI=1S/C16H24N4O3S/c1-18-10-16(11-19(12-16)8-14-17-4-7-24-14)22-9-13(18)15(21)20-5-2-3-6-23-20/h4,7,13H,2-3,5-6,8-12H2,1H3. The second-order valence-corrected chi connectivity index (χ2v) is 7.96. The number of carbonyl (C=O) groups is 1. The molecule has 7 nitrogen and oxygen atoms in total. The van der Waals surface area contributed by atoms with Crippen LogP contribution in [0, 0.1) is 0 Å². The Morgan fingerprint density at radius 1 is 1.42 bits per heavy atom. The molecule has 132 valence electrons. The first kappa shape index (κ1) is 16.4. The number of likely N-dealkylation sites (N-methyl/N-ethyl adjacent to an activating group) is 1. The van der Waals surface area contributed by atoms with Gasteiger partial charge in [0.1, 0.15) is 16.7 Å². The van der Waals surface area contributed by atoms with Gasteiger partial charge in [0.15, 0.2) is 0 Å². The highest BCUT2D eigenvalue weighted by Gasteiger charge is 2.50. The van der Waals surface area contributed by atoms with E-state index in [1.54, 1.807) is 11.3 Å². The Kier molecular flexibility index (Phi) is 4.57. The molecular formula is C16H24N4O3S. The summed E-state index contributed by atoms with van der Waals surface area (Å²) in [6.45, 7) is 5.24. The summed E-state index contributed by atoms with van der Waals surface area (Å²) in [6.07, 6.45) is 3.89. The van der Waals surface area contributed by atoms with Gasteiger partial charge in [-0.3, -0.25) is 19.4 Å². The molecule has 1 atom stereocenters. The Hall–Kier alpha value is -1.06. The number of nitrogens with zero attached hydrogens (tertiary/aromatic N) is 4. The first-order chi connectivity index (χ1) is 11.7. The van der Waals surface area contributed by atoms with Crippen molar-refractivity contribution in [2.24, 2.45) is 0 Å². The summed E-state index contributed by atoms with van der Waals surface area (Å²) in [6, 6.07) is -0.235. The summed E-state index contributed by atoms with van der Waals surface area (Å²) in [7, 11) is 2.01. The Morgan fingerprint density at radius 3 is 2.96 bits per heavy atom. The maximum absolute atomic E-state index is 12.6. The molecule has 0 bridgehead atoms. The van der Waals surface area contributed by atoms with Crippen LogP contribution < -0.4 is 0 Å². The fourth-order valence-electron chi connectivity index (χ4n) is 3.78. The van der Waals surface area contributed by atoms with Crippen LogP contribution in [-0.4, -0.2) is 83.8 Å². The molecule has 0 radical (unpaired) electrons. The SMILES string of the molecule is CN1CC2(CN(Cc3nccs3)C2)OCC1C(=O)N1CCCCO1. The van der Waals surface area contributed by atoms with Gasteiger partial charge >= 0.3 is 0 Å². The molecule has 3 aliphatic heterocycles. The molecule has 3 fully saturated rings. The summed E-state index contributed by atoms with van der Waals surface area (Å²) in [5, 5.41) is 4.68. The molecule has 3 aliphatic rings. The van der Waals surface area contributed by atoms with Gasteiger partial charge in [-0.25, -0.2) is 10.0 Å². The predicted molar refractivity (Wildman–Crippen MR) is 89.4 cm³/mol. The number of likely N-dealkylation sites (tertiary alicyclic amines) is 1. The number of rotatable bonds is 3. The normalized spacial score (nSPS) is 28.0. The van der Waals surface area contributed by atoms with Crippen LogP contribution in [0.1, 0.15) is 17.8 Å². The van der Waals surface area contributed by atoms with Gasteiger partial charge in [0.05, 0.1) is 19.8 Å². The van der Waals surface area contributed by atoms with E-state index in [0.29, 0.717) is 19.8 Å². The fraction of sp³-hybridized carbons (Fsp3) is 0.750. The molecular weight excluding hydrogens is 328 g/mol. The maximum atomic E-state index is 12.6. The van der Waals surface area contributed by atoms with E-state index in [4.69, 9.17) is 9.57 Å². The Bertz CT molecular complexity index is 570. The van der Waals surface area contributed by atoms with Crippen molar-refractivity contribution in [2.75, 3.05) is 46.4 Å². The Morgan fingerprint density at radius 2 is 2.29 bits per heavy atom. The molecule has 4 heterocycles. The van der Waals surface area contributed by atoms with E-state index >= 15 is 0 Å². The number of amides is 1. The minimum atomic E-state index is -0.235. The maximum Gasteiger partial charge on any atom is 0.265 e. The second-order valence-electron chi connectivity index (χ2n) is 6.98. The molecule has 1 spiro atoms. The van der Waals surface area contributed by atoms with Crippen LogP contribution >= 0.6 is 11.3 Å². The van der Waals surface area contributed by atoms with Gasteiger partial charge in [0.2, 0.25) is 0 Å². The average molecular weight is 352 g/mol. The topological polar surface area (TPSA) is 58.1 Å². The zero-order valence-electron chi connectivity index (χ0n) is 14.0. The number of thiazole rings is 1. The molecule has 0 aliphatic carbocycles. The highest BCUT2D eigenvalue weighted by Crippen LogP contribution is 2.32. The molecule has 1 amide bonds. The highest BCUT2D eigenvalue weighted by atomic mass is 32.1. The van der Waals surface area contributed by atoms with E-state index in [1.165, 1.54) is 5.06 Å². The molecule has 24 heavy (non-hydrogen) atoms. The zero-order valence-corrected chi connectivity index (χ0v) is 14.8. The third-order valence-corrected chi connectivity index (χ3v) is 5.78. The first-order valence-corrected chi connectivity index (χ1v) is 9.42. The Balaban J connectivity index is 1.30. The van der Waals surface area contributed by atoms with Crippen LogP contribution in [0.2, 0.25) is 0 Å². The average Bonchev–Trinajstić information content (AvgIpc) is 3.07. The molecule has 8 heteroatoms. The second kappa shape index (κ2) is 6.68. The molecule has 1 aromatic heterocycles. The van der Waals surface area contributed by atoms with Crippen LogP contribution in [0.25, 0.3) is 0 Å². The predicted octanol–water partition coefficient (Wildman–Crippen LogP) is 0.582. The molecule has 3 saturated heterocycles. The van der Waals surface area contributed by atoms with Crippen molar-refractivity contribution >= 4 is 17.2 Å². The van der Waals surface area contributed by atoms with Gasteiger partial charge in [-0.15, -0.1) is 11.3 Å². The van der Waals surface area contributed by atoms with Crippen LogP contribution in [0.15, 0.2) is 11.6 Å². The van der Waals surface area contributed by atoms with E-state index in [1.807, 2.05) is 18.6 Å². The van der Waals surface area contributed by atoms with E-state index in [2.05, 4.69) is 14.8 Å². The lowest BCUT2D eigenvalue weighted by Crippen LogP contribution is -2.72. The van der Waals surface area contributed by atoms with E-state index in [0.717, 1.165) is 44.0 Å². The third-order valence-electron chi connectivity index (χ3n) is 5.02. The van der Waals surface area contributed by atoms with Crippen molar-refractivity contribution in [2.45, 2.75) is 31.0 Å². The summed E-state index contributed by atoms with van der Waals surface area (Å²) < 4.78 is 6.14. The molecule has 0 N–H and O–H groups in total. The van der Waals surface area contributed by atoms with Crippen LogP contribution in [-0.2, 0) is 20.9 Å². The monoisotopic (exact) mass is 352 g/mol. The van der Waals surface area contributed by atoms with Crippen molar-refractivity contribution in [1.82, 2.24) is 19.8 Å². The van der Waals surface area contributed by atoms with E-state index in [9.17, 15) is 4.79 Å². The first-order valence-electron chi connectivity index (χ1n) is 8.54. The van der Waals surface area contributed by atoms with E-state index in [-0.39, 0.29) is 17.6 Å². The van der Waals surface area contributed by atoms with Gasteiger partial charge in [-0.1, -0.05) is 0 Å². The van der Waals surface area contributed by atoms with Crippen LogP contribution in [0.4, 0.5) is 0 Å². The van der Waals surface area contributed by atoms with Gasteiger partial charge in [-0.2, -0.15) is 0 Å². The number of hydrogen-bond acceptors (Lipinski definition) is 7. The lowest BCUT2D eigenvalue weighted by molar-refractivity contribution is -0.224. The van der Waals surface area contributed by atoms with Crippen LogP contribution in [0.3, 0.4) is 0 Å². The number of aromatic nitrogens is 1. The minimum absolute atomic E-state index is 0.0333. The smallest absolute Gasteiger partial charge is 0.265 e. The largest absolute Gasteiger partial charge is 0.369 e. The number of morpholine rings is 1. The minimum Gasteiger partial charge on any atom is -0.369 e. The highest BCUT2D eigenvalue weighted by molar-refractivity contribution is 7.09. The van der Waals surface area contributed by atoms with Crippen molar-refractivity contribution < 1.29 is 14.4 Å². The van der Waals surface area contributed by atoms with Gasteiger partial charge < -0.3 is 4.74 Å². The van der Waals surface area contributed by atoms with Gasteiger partial charge in [-0.05, 0) is 19.9 Å². The van der Waals surface area contributed by atoms with Crippen LogP contribution in [0.5, 0.6) is 0 Å². The molecule has 1 aromatic rings. The van der Waals surface area contributed by atoms with Gasteiger partial charge in [0.25, 0.3) is 5.91 Å². The summed E-state index contributed by atoms with van der Waals surface area (Å²) in [4.78, 5) is 26.9. The lowest BCUT2D eigenvalue weighted by atomic mass is 9.90. The van der Waals surface area contributed by atoms with Crippen molar-refractivity contribution in [3.8, 4) is 0 Å². The number of ether oxygens (including phenoxy) is 1. The number of carbonyl (C=O) groups excluding carboxylic acids is 1. The van der Waals surface area contributed by atoms with Crippen molar-refractivity contribution in [3.05, 3.63) is 16.6 Å². The summed E-state index contributed by atoms with van der Waals surface area (Å²) in [5.41, 5.74) is -0.133. The number of hydroxylamine groups is 2. The summed E-state index contributed by atoms with van der Waals surface area (Å²) in [5.74, 6) is 0.0333. The molecule has 1 unspecified atom stereocenters.